The second-order valence-electron chi connectivity index (χ2n) is 7.89. The summed E-state index contributed by atoms with van der Waals surface area (Å²) in [5, 5.41) is 2.77. The Morgan fingerprint density at radius 3 is 2.30 bits per heavy atom. The molecule has 1 aromatic rings. The van der Waals surface area contributed by atoms with Gasteiger partial charge in [0.15, 0.2) is 0 Å². The van der Waals surface area contributed by atoms with Crippen LogP contribution in [0.1, 0.15) is 39.2 Å². The Labute approximate surface area is 160 Å². The van der Waals surface area contributed by atoms with Crippen molar-refractivity contribution in [2.24, 2.45) is 11.7 Å². The van der Waals surface area contributed by atoms with E-state index in [-0.39, 0.29) is 17.9 Å². The number of ether oxygens (including phenoxy) is 1. The summed E-state index contributed by atoms with van der Waals surface area (Å²) in [4.78, 5) is 38.0. The number of primary amides is 1. The lowest BCUT2D eigenvalue weighted by Crippen LogP contribution is -2.50. The first-order valence-electron chi connectivity index (χ1n) is 9.27. The highest BCUT2D eigenvalue weighted by atomic mass is 16.6. The molecule has 1 aromatic carbocycles. The van der Waals surface area contributed by atoms with Gasteiger partial charge in [-0.3, -0.25) is 9.59 Å². The summed E-state index contributed by atoms with van der Waals surface area (Å²) < 4.78 is 5.36. The van der Waals surface area contributed by atoms with Gasteiger partial charge in [-0.05, 0) is 39.2 Å². The third kappa shape index (κ3) is 6.58. The van der Waals surface area contributed by atoms with Crippen LogP contribution in [0.15, 0.2) is 30.3 Å². The van der Waals surface area contributed by atoms with Crippen molar-refractivity contribution in [1.29, 1.82) is 0 Å². The molecule has 3 N–H and O–H groups in total. The summed E-state index contributed by atoms with van der Waals surface area (Å²) in [7, 11) is 0. The Bertz CT molecular complexity index is 662. The number of nitrogens with two attached hydrogens (primary N) is 1. The van der Waals surface area contributed by atoms with E-state index < -0.39 is 17.6 Å². The second-order valence-corrected chi connectivity index (χ2v) is 7.89. The van der Waals surface area contributed by atoms with Crippen molar-refractivity contribution < 1.29 is 19.1 Å². The quantitative estimate of drug-likeness (QED) is 0.820. The molecule has 7 nitrogen and oxygen atoms in total. The number of likely N-dealkylation sites (tertiary alicyclic amines) is 1. The number of benzene rings is 1. The highest BCUT2D eigenvalue weighted by Crippen LogP contribution is 2.20. The fourth-order valence-electron chi connectivity index (χ4n) is 3.01. The number of carbonyl (C=O) groups is 3. The lowest BCUT2D eigenvalue weighted by molar-refractivity contribution is -0.131. The van der Waals surface area contributed by atoms with E-state index >= 15 is 0 Å². The molecule has 0 aliphatic carbocycles. The van der Waals surface area contributed by atoms with Crippen LogP contribution in [0.25, 0.3) is 0 Å². The van der Waals surface area contributed by atoms with Crippen molar-refractivity contribution in [3.63, 3.8) is 0 Å². The van der Waals surface area contributed by atoms with Crippen LogP contribution in [-0.2, 0) is 20.7 Å². The maximum atomic E-state index is 12.6. The first-order valence-corrected chi connectivity index (χ1v) is 9.27. The number of carbonyl (C=O) groups excluding carboxylic acids is 3. The fourth-order valence-corrected chi connectivity index (χ4v) is 3.01. The molecule has 1 aliphatic rings. The van der Waals surface area contributed by atoms with E-state index in [9.17, 15) is 14.4 Å². The van der Waals surface area contributed by atoms with Crippen molar-refractivity contribution in [3.8, 4) is 0 Å². The number of piperidine rings is 1. The van der Waals surface area contributed by atoms with Crippen LogP contribution >= 0.6 is 0 Å². The highest BCUT2D eigenvalue weighted by Gasteiger charge is 2.31. The maximum Gasteiger partial charge on any atom is 0.410 e. The largest absolute Gasteiger partial charge is 0.444 e. The molecule has 148 valence electrons. The molecule has 0 spiro atoms. The van der Waals surface area contributed by atoms with Gasteiger partial charge in [0.1, 0.15) is 11.6 Å². The SMILES string of the molecule is CC(C)(C)OC(=O)N1CCC(C(=O)NC(Cc2ccccc2)C(N)=O)CC1. The van der Waals surface area contributed by atoms with Gasteiger partial charge in [0.05, 0.1) is 0 Å². The van der Waals surface area contributed by atoms with Gasteiger partial charge in [0.2, 0.25) is 11.8 Å². The van der Waals surface area contributed by atoms with E-state index in [4.69, 9.17) is 10.5 Å². The second kappa shape index (κ2) is 8.88. The third-order valence-corrected chi connectivity index (χ3v) is 4.46. The van der Waals surface area contributed by atoms with Gasteiger partial charge in [-0.2, -0.15) is 0 Å². The number of nitrogens with zero attached hydrogens (tertiary/aromatic N) is 1. The lowest BCUT2D eigenvalue weighted by atomic mass is 9.95. The van der Waals surface area contributed by atoms with Gasteiger partial charge < -0.3 is 20.7 Å². The van der Waals surface area contributed by atoms with E-state index in [2.05, 4.69) is 5.32 Å². The Kier molecular flexibility index (Phi) is 6.82. The van der Waals surface area contributed by atoms with Crippen molar-refractivity contribution >= 4 is 17.9 Å². The molecule has 3 amide bonds. The summed E-state index contributed by atoms with van der Waals surface area (Å²) >= 11 is 0. The minimum atomic E-state index is -0.746. The van der Waals surface area contributed by atoms with Crippen molar-refractivity contribution in [1.82, 2.24) is 10.2 Å². The molecule has 0 saturated carbocycles. The first kappa shape index (κ1) is 20.7. The van der Waals surface area contributed by atoms with Crippen molar-refractivity contribution in [3.05, 3.63) is 35.9 Å². The van der Waals surface area contributed by atoms with Crippen LogP contribution in [0, 0.1) is 5.92 Å². The molecule has 1 aliphatic heterocycles. The van der Waals surface area contributed by atoms with Crippen molar-refractivity contribution in [2.75, 3.05) is 13.1 Å². The van der Waals surface area contributed by atoms with Gasteiger partial charge >= 0.3 is 6.09 Å². The predicted molar refractivity (Wildman–Crippen MR) is 102 cm³/mol. The molecule has 1 heterocycles. The van der Waals surface area contributed by atoms with Crippen LogP contribution in [-0.4, -0.2) is 47.5 Å². The van der Waals surface area contributed by atoms with E-state index in [1.807, 2.05) is 51.1 Å². The standard InChI is InChI=1S/C20H29N3O4/c1-20(2,3)27-19(26)23-11-9-15(10-12-23)18(25)22-16(17(21)24)13-14-7-5-4-6-8-14/h4-8,15-16H,9-13H2,1-3H3,(H2,21,24)(H,22,25). The van der Waals surface area contributed by atoms with Gasteiger partial charge in [-0.15, -0.1) is 0 Å². The number of amides is 3. The van der Waals surface area contributed by atoms with Crippen LogP contribution < -0.4 is 11.1 Å². The normalized spacial score (nSPS) is 16.5. The number of hydrogen-bond donors (Lipinski definition) is 2. The van der Waals surface area contributed by atoms with Crippen molar-refractivity contribution in [2.45, 2.75) is 51.7 Å². The van der Waals surface area contributed by atoms with Gasteiger partial charge in [-0.25, -0.2) is 4.79 Å². The zero-order valence-electron chi connectivity index (χ0n) is 16.2. The molecule has 1 saturated heterocycles. The Balaban J connectivity index is 1.87. The topological polar surface area (TPSA) is 102 Å². The molecular weight excluding hydrogens is 346 g/mol. The summed E-state index contributed by atoms with van der Waals surface area (Å²) in [6, 6.07) is 8.68. The Morgan fingerprint density at radius 1 is 1.19 bits per heavy atom. The Hall–Kier alpha value is -2.57. The molecule has 0 aromatic heterocycles. The van der Waals surface area contributed by atoms with E-state index in [0.717, 1.165) is 5.56 Å². The number of nitrogens with one attached hydrogen (secondary N) is 1. The van der Waals surface area contributed by atoms with E-state index in [1.165, 1.54) is 0 Å². The number of hydrogen-bond acceptors (Lipinski definition) is 4. The lowest BCUT2D eigenvalue weighted by Gasteiger charge is -2.33. The van der Waals surface area contributed by atoms with Gasteiger partial charge in [-0.1, -0.05) is 30.3 Å². The smallest absolute Gasteiger partial charge is 0.410 e. The molecule has 0 bridgehead atoms. The van der Waals surface area contributed by atoms with Crippen LogP contribution in [0.4, 0.5) is 4.79 Å². The molecule has 2 rings (SSSR count). The third-order valence-electron chi connectivity index (χ3n) is 4.46. The molecule has 27 heavy (non-hydrogen) atoms. The monoisotopic (exact) mass is 375 g/mol. The molecule has 7 heteroatoms. The van der Waals surface area contributed by atoms with E-state index in [0.29, 0.717) is 32.4 Å². The first-order chi connectivity index (χ1) is 12.7. The highest BCUT2D eigenvalue weighted by molar-refractivity contribution is 5.88. The molecule has 1 atom stereocenters. The minimum Gasteiger partial charge on any atom is -0.444 e. The fraction of sp³-hybridized carbons (Fsp3) is 0.550. The molecule has 0 radical (unpaired) electrons. The Morgan fingerprint density at radius 2 is 1.78 bits per heavy atom. The zero-order chi connectivity index (χ0) is 20.0. The molecular formula is C20H29N3O4. The van der Waals surface area contributed by atoms with Gasteiger partial charge in [0.25, 0.3) is 0 Å². The summed E-state index contributed by atoms with van der Waals surface area (Å²) in [5.74, 6) is -1.00. The van der Waals surface area contributed by atoms with Crippen LogP contribution in [0.3, 0.4) is 0 Å². The predicted octanol–water partition coefficient (Wildman–Crippen LogP) is 1.85. The summed E-state index contributed by atoms with van der Waals surface area (Å²) in [6.07, 6.45) is 1.06. The van der Waals surface area contributed by atoms with Gasteiger partial charge in [0, 0.05) is 25.4 Å². The number of rotatable bonds is 5. The van der Waals surface area contributed by atoms with Crippen LogP contribution in [0.2, 0.25) is 0 Å². The molecule has 1 fully saturated rings. The minimum absolute atomic E-state index is 0.196. The maximum absolute atomic E-state index is 12.6. The average Bonchev–Trinajstić information content (AvgIpc) is 2.60. The van der Waals surface area contributed by atoms with Crippen LogP contribution in [0.5, 0.6) is 0 Å². The zero-order valence-corrected chi connectivity index (χ0v) is 16.2. The molecule has 1 unspecified atom stereocenters. The van der Waals surface area contributed by atoms with E-state index in [1.54, 1.807) is 4.90 Å². The summed E-state index contributed by atoms with van der Waals surface area (Å²) in [5.41, 5.74) is 5.85. The summed E-state index contributed by atoms with van der Waals surface area (Å²) in [6.45, 7) is 6.37. The average molecular weight is 375 g/mol.